The number of carbonyl (C=O) groups is 1. The Bertz CT molecular complexity index is 170. The Hall–Kier alpha value is -0.650. The Labute approximate surface area is 91.0 Å². The van der Waals surface area contributed by atoms with Gasteiger partial charge < -0.3 is 20.9 Å². The Morgan fingerprint density at radius 2 is 2.20 bits per heavy atom. The van der Waals surface area contributed by atoms with Crippen molar-refractivity contribution in [3.05, 3.63) is 0 Å². The molecule has 0 aliphatic heterocycles. The van der Waals surface area contributed by atoms with Crippen molar-refractivity contribution in [3.8, 4) is 0 Å². The number of hydrogen-bond donors (Lipinski definition) is 3. The predicted octanol–water partition coefficient (Wildman–Crippen LogP) is -0.373. The SMILES string of the molecule is CCCC(N)C(=O)NC(CCO)COC. The van der Waals surface area contributed by atoms with E-state index >= 15 is 0 Å². The number of carbonyl (C=O) groups excluding carboxylic acids is 1. The summed E-state index contributed by atoms with van der Waals surface area (Å²) in [4.78, 5) is 11.5. The maximum atomic E-state index is 11.5. The highest BCUT2D eigenvalue weighted by molar-refractivity contribution is 5.81. The number of rotatable bonds is 8. The smallest absolute Gasteiger partial charge is 0.237 e. The van der Waals surface area contributed by atoms with Crippen molar-refractivity contribution >= 4 is 5.91 Å². The maximum absolute atomic E-state index is 11.5. The first kappa shape index (κ1) is 14.3. The topological polar surface area (TPSA) is 84.6 Å². The van der Waals surface area contributed by atoms with Crippen molar-refractivity contribution in [3.63, 3.8) is 0 Å². The number of hydrogen-bond acceptors (Lipinski definition) is 4. The maximum Gasteiger partial charge on any atom is 0.237 e. The molecule has 90 valence electrons. The van der Waals surface area contributed by atoms with Crippen LogP contribution in [0.25, 0.3) is 0 Å². The van der Waals surface area contributed by atoms with Gasteiger partial charge in [0.1, 0.15) is 0 Å². The fraction of sp³-hybridized carbons (Fsp3) is 0.900. The van der Waals surface area contributed by atoms with Gasteiger partial charge in [-0.05, 0) is 12.8 Å². The number of aliphatic hydroxyl groups is 1. The van der Waals surface area contributed by atoms with Crippen molar-refractivity contribution in [2.45, 2.75) is 38.3 Å². The van der Waals surface area contributed by atoms with Gasteiger partial charge in [0.15, 0.2) is 0 Å². The van der Waals surface area contributed by atoms with Gasteiger partial charge in [-0.2, -0.15) is 0 Å². The third kappa shape index (κ3) is 6.43. The first-order valence-corrected chi connectivity index (χ1v) is 5.31. The zero-order chi connectivity index (χ0) is 11.7. The van der Waals surface area contributed by atoms with Crippen LogP contribution in [-0.4, -0.2) is 43.4 Å². The van der Waals surface area contributed by atoms with Gasteiger partial charge in [-0.25, -0.2) is 0 Å². The van der Waals surface area contributed by atoms with Crippen molar-refractivity contribution in [2.75, 3.05) is 20.3 Å². The Morgan fingerprint density at radius 1 is 1.53 bits per heavy atom. The van der Waals surface area contributed by atoms with Crippen molar-refractivity contribution < 1.29 is 14.6 Å². The molecule has 2 atom stereocenters. The molecule has 1 amide bonds. The highest BCUT2D eigenvalue weighted by Gasteiger charge is 2.16. The van der Waals surface area contributed by atoms with Gasteiger partial charge in [0.05, 0.1) is 18.7 Å². The molecule has 2 unspecified atom stereocenters. The second-order valence-corrected chi connectivity index (χ2v) is 3.57. The van der Waals surface area contributed by atoms with Crippen LogP contribution in [0.1, 0.15) is 26.2 Å². The van der Waals surface area contributed by atoms with Crippen LogP contribution in [0, 0.1) is 0 Å². The number of nitrogens with one attached hydrogen (secondary N) is 1. The summed E-state index contributed by atoms with van der Waals surface area (Å²) in [5.74, 6) is -0.174. The molecule has 0 radical (unpaired) electrons. The van der Waals surface area contributed by atoms with E-state index < -0.39 is 6.04 Å². The summed E-state index contributed by atoms with van der Waals surface area (Å²) in [6.07, 6.45) is 2.03. The summed E-state index contributed by atoms with van der Waals surface area (Å²) in [5.41, 5.74) is 5.65. The van der Waals surface area contributed by atoms with Crippen LogP contribution in [0.15, 0.2) is 0 Å². The van der Waals surface area contributed by atoms with Gasteiger partial charge >= 0.3 is 0 Å². The third-order valence-electron chi connectivity index (χ3n) is 2.13. The summed E-state index contributed by atoms with van der Waals surface area (Å²) in [5, 5.41) is 11.5. The van der Waals surface area contributed by atoms with Crippen molar-refractivity contribution in [1.29, 1.82) is 0 Å². The summed E-state index contributed by atoms with van der Waals surface area (Å²) >= 11 is 0. The van der Waals surface area contributed by atoms with E-state index in [9.17, 15) is 4.79 Å². The molecule has 0 aliphatic rings. The molecule has 5 heteroatoms. The fourth-order valence-electron chi connectivity index (χ4n) is 1.30. The molecular weight excluding hydrogens is 196 g/mol. The van der Waals surface area contributed by atoms with Crippen LogP contribution in [-0.2, 0) is 9.53 Å². The lowest BCUT2D eigenvalue weighted by atomic mass is 10.1. The Morgan fingerprint density at radius 3 is 2.67 bits per heavy atom. The van der Waals surface area contributed by atoms with E-state index in [0.717, 1.165) is 6.42 Å². The molecule has 0 fully saturated rings. The summed E-state index contributed by atoms with van der Waals surface area (Å²) in [7, 11) is 1.56. The molecule has 0 saturated heterocycles. The molecule has 5 nitrogen and oxygen atoms in total. The molecule has 0 rings (SSSR count). The monoisotopic (exact) mass is 218 g/mol. The molecule has 0 aliphatic carbocycles. The first-order chi connectivity index (χ1) is 7.15. The molecule has 15 heavy (non-hydrogen) atoms. The van der Waals surface area contributed by atoms with E-state index in [4.69, 9.17) is 15.6 Å². The summed E-state index contributed by atoms with van der Waals surface area (Å²) in [6, 6.07) is -0.622. The van der Waals surface area contributed by atoms with Crippen LogP contribution in [0.2, 0.25) is 0 Å². The summed E-state index contributed by atoms with van der Waals surface area (Å²) in [6.45, 7) is 2.40. The van der Waals surface area contributed by atoms with Crippen molar-refractivity contribution in [1.82, 2.24) is 5.32 Å². The van der Waals surface area contributed by atoms with E-state index in [-0.39, 0.29) is 18.6 Å². The second kappa shape index (κ2) is 8.64. The van der Waals surface area contributed by atoms with Gasteiger partial charge in [-0.1, -0.05) is 13.3 Å². The standard InChI is InChI=1S/C10H22N2O3/c1-3-4-9(11)10(14)12-8(5-6-13)7-15-2/h8-9,13H,3-7,11H2,1-2H3,(H,12,14). The molecule has 0 spiro atoms. The van der Waals surface area contributed by atoms with Crippen LogP contribution in [0.5, 0.6) is 0 Å². The van der Waals surface area contributed by atoms with Gasteiger partial charge in [-0.15, -0.1) is 0 Å². The fourth-order valence-corrected chi connectivity index (χ4v) is 1.30. The van der Waals surface area contributed by atoms with Crippen molar-refractivity contribution in [2.24, 2.45) is 5.73 Å². The molecule has 4 N–H and O–H groups in total. The van der Waals surface area contributed by atoms with Gasteiger partial charge in [0.25, 0.3) is 0 Å². The predicted molar refractivity (Wildman–Crippen MR) is 58.4 cm³/mol. The molecule has 0 aromatic heterocycles. The lowest BCUT2D eigenvalue weighted by Crippen LogP contribution is -2.47. The molecule has 0 bridgehead atoms. The summed E-state index contributed by atoms with van der Waals surface area (Å²) < 4.78 is 4.93. The van der Waals surface area contributed by atoms with E-state index in [0.29, 0.717) is 19.4 Å². The number of amides is 1. The molecular formula is C10H22N2O3. The van der Waals surface area contributed by atoms with E-state index in [1.54, 1.807) is 7.11 Å². The first-order valence-electron chi connectivity index (χ1n) is 5.31. The third-order valence-corrected chi connectivity index (χ3v) is 2.13. The van der Waals surface area contributed by atoms with Crippen LogP contribution >= 0.6 is 0 Å². The average Bonchev–Trinajstić information content (AvgIpc) is 2.18. The molecule has 0 aromatic carbocycles. The van der Waals surface area contributed by atoms with Gasteiger partial charge in [-0.3, -0.25) is 4.79 Å². The van der Waals surface area contributed by atoms with E-state index in [2.05, 4.69) is 5.32 Å². The van der Waals surface area contributed by atoms with Crippen LogP contribution in [0.3, 0.4) is 0 Å². The van der Waals surface area contributed by atoms with Crippen LogP contribution < -0.4 is 11.1 Å². The number of methoxy groups -OCH3 is 1. The Kier molecular flexibility index (Phi) is 8.27. The average molecular weight is 218 g/mol. The quantitative estimate of drug-likeness (QED) is 0.519. The number of aliphatic hydroxyl groups excluding tert-OH is 1. The normalized spacial score (nSPS) is 14.7. The molecule has 0 aromatic rings. The lowest BCUT2D eigenvalue weighted by molar-refractivity contribution is -0.123. The molecule has 0 heterocycles. The van der Waals surface area contributed by atoms with Crippen LogP contribution in [0.4, 0.5) is 0 Å². The zero-order valence-corrected chi connectivity index (χ0v) is 9.53. The molecule has 0 saturated carbocycles. The zero-order valence-electron chi connectivity index (χ0n) is 9.53. The Balaban J connectivity index is 3.97. The highest BCUT2D eigenvalue weighted by atomic mass is 16.5. The second-order valence-electron chi connectivity index (χ2n) is 3.57. The van der Waals surface area contributed by atoms with Gasteiger partial charge in [0, 0.05) is 13.7 Å². The largest absolute Gasteiger partial charge is 0.396 e. The minimum absolute atomic E-state index is 0.0251. The van der Waals surface area contributed by atoms with E-state index in [1.807, 2.05) is 6.92 Å². The van der Waals surface area contributed by atoms with E-state index in [1.165, 1.54) is 0 Å². The minimum atomic E-state index is -0.465. The highest BCUT2D eigenvalue weighted by Crippen LogP contribution is 1.97. The minimum Gasteiger partial charge on any atom is -0.396 e. The lowest BCUT2D eigenvalue weighted by Gasteiger charge is -2.19. The number of nitrogens with two attached hydrogens (primary N) is 1. The van der Waals surface area contributed by atoms with Gasteiger partial charge in [0.2, 0.25) is 5.91 Å². The number of ether oxygens (including phenoxy) is 1.